The predicted octanol–water partition coefficient (Wildman–Crippen LogP) is 9.35. The van der Waals surface area contributed by atoms with Crippen LogP contribution in [0.25, 0.3) is 0 Å². The average Bonchev–Trinajstić information content (AvgIpc) is 3.56. The van der Waals surface area contributed by atoms with Gasteiger partial charge in [-0.3, -0.25) is 14.3 Å². The number of aromatic nitrogens is 2. The number of rotatable bonds is 13. The predicted molar refractivity (Wildman–Crippen MR) is 174 cm³/mol. The molecule has 1 unspecified atom stereocenters. The molecule has 0 radical (unpaired) electrons. The minimum Gasteiger partial charge on any atom is -0.408 e. The van der Waals surface area contributed by atoms with Crippen LogP contribution in [0.15, 0.2) is 18.3 Å². The maximum atomic E-state index is 14.4. The van der Waals surface area contributed by atoms with Crippen LogP contribution in [-0.2, 0) is 9.22 Å². The van der Waals surface area contributed by atoms with Gasteiger partial charge in [0.1, 0.15) is 11.6 Å². The molecule has 2 aliphatic carbocycles. The van der Waals surface area contributed by atoms with Gasteiger partial charge in [-0.1, -0.05) is 57.8 Å². The number of nitrogens with zero attached hydrogens (tertiary/aromatic N) is 3. The number of halogens is 3. The van der Waals surface area contributed by atoms with Crippen LogP contribution in [0.3, 0.4) is 0 Å². The summed E-state index contributed by atoms with van der Waals surface area (Å²) in [6.45, 7) is 15.2. The molecule has 2 saturated carbocycles. The largest absolute Gasteiger partial charge is 0.408 e. The van der Waals surface area contributed by atoms with Crippen molar-refractivity contribution >= 4 is 43.2 Å². The summed E-state index contributed by atoms with van der Waals surface area (Å²) >= 11 is 13.3. The number of carbonyl (C=O) groups is 2. The van der Waals surface area contributed by atoms with Crippen molar-refractivity contribution < 1.29 is 18.4 Å². The van der Waals surface area contributed by atoms with Gasteiger partial charge in [-0.2, -0.15) is 5.10 Å². The third-order valence-electron chi connectivity index (χ3n) is 10.6. The van der Waals surface area contributed by atoms with Gasteiger partial charge in [-0.15, -0.1) is 0 Å². The number of carbonyl (C=O) groups excluding carboxylic acids is 2. The molecule has 238 valence electrons. The van der Waals surface area contributed by atoms with E-state index in [4.69, 9.17) is 32.7 Å². The van der Waals surface area contributed by atoms with Crippen molar-refractivity contribution in [1.82, 2.24) is 14.7 Å². The Morgan fingerprint density at radius 2 is 1.65 bits per heavy atom. The highest BCUT2D eigenvalue weighted by molar-refractivity contribution is 6.73. The number of hydrogen-bond donors (Lipinski definition) is 0. The summed E-state index contributed by atoms with van der Waals surface area (Å²) in [6.07, 6.45) is 6.53. The number of amides is 1. The van der Waals surface area contributed by atoms with Gasteiger partial charge >= 0.3 is 0 Å². The smallest absolute Gasteiger partial charge is 0.257 e. The molecule has 6 nitrogen and oxygen atoms in total. The summed E-state index contributed by atoms with van der Waals surface area (Å²) in [5.74, 6) is -0.362. The highest BCUT2D eigenvalue weighted by atomic mass is 35.5. The quantitative estimate of drug-likeness (QED) is 0.202. The van der Waals surface area contributed by atoms with Crippen LogP contribution in [0.2, 0.25) is 28.2 Å². The standard InChI is InChI=1S/C33H48Cl2FN3O3Si/c1-8-43(9-2,10-3)42-29(30-27(34)17-24(36)18-28(30)35)20-38(21-32(6)15-16-32)31(41)26-19-37-39(22(26)4)25-11-13-33(7,14-12-25)23(5)40/h17-19,25,29H,8-16,20-21H2,1-7H3. The lowest BCUT2D eigenvalue weighted by atomic mass is 9.71. The van der Waals surface area contributed by atoms with Gasteiger partial charge in [0.15, 0.2) is 8.32 Å². The van der Waals surface area contributed by atoms with Crippen LogP contribution in [0.4, 0.5) is 4.39 Å². The fraction of sp³-hybridized carbons (Fsp3) is 0.667. The van der Waals surface area contributed by atoms with Crippen molar-refractivity contribution in [3.8, 4) is 0 Å². The second kappa shape index (κ2) is 13.3. The van der Waals surface area contributed by atoms with Crippen molar-refractivity contribution in [1.29, 1.82) is 0 Å². The van der Waals surface area contributed by atoms with Crippen LogP contribution in [0.5, 0.6) is 0 Å². The van der Waals surface area contributed by atoms with Crippen LogP contribution >= 0.6 is 23.2 Å². The fourth-order valence-corrected chi connectivity index (χ4v) is 10.1. The third-order valence-corrected chi connectivity index (χ3v) is 15.8. The summed E-state index contributed by atoms with van der Waals surface area (Å²) < 4.78 is 23.2. The summed E-state index contributed by atoms with van der Waals surface area (Å²) in [5.41, 5.74) is 1.71. The molecule has 2 aliphatic rings. The lowest BCUT2D eigenvalue weighted by Crippen LogP contribution is -2.44. The molecule has 10 heteroatoms. The van der Waals surface area contributed by atoms with Gasteiger partial charge in [0.05, 0.1) is 40.5 Å². The van der Waals surface area contributed by atoms with E-state index in [0.717, 1.165) is 62.4 Å². The molecule has 1 amide bonds. The minimum atomic E-state index is -2.19. The number of ketones is 1. The first kappa shape index (κ1) is 34.1. The first-order valence-corrected chi connectivity index (χ1v) is 19.2. The maximum Gasteiger partial charge on any atom is 0.257 e. The first-order chi connectivity index (χ1) is 20.2. The van der Waals surface area contributed by atoms with Crippen LogP contribution < -0.4 is 0 Å². The van der Waals surface area contributed by atoms with Gasteiger partial charge in [-0.25, -0.2) is 4.39 Å². The van der Waals surface area contributed by atoms with Crippen molar-refractivity contribution in [2.24, 2.45) is 10.8 Å². The van der Waals surface area contributed by atoms with E-state index >= 15 is 0 Å². The summed E-state index contributed by atoms with van der Waals surface area (Å²) in [5, 5.41) is 5.12. The van der Waals surface area contributed by atoms with Crippen LogP contribution in [-0.4, -0.2) is 47.8 Å². The molecule has 0 saturated heterocycles. The lowest BCUT2D eigenvalue weighted by Gasteiger charge is -2.37. The summed E-state index contributed by atoms with van der Waals surface area (Å²) in [4.78, 5) is 28.5. The Bertz CT molecular complexity index is 1300. The van der Waals surface area contributed by atoms with E-state index in [0.29, 0.717) is 17.7 Å². The molecule has 0 N–H and O–H groups in total. The second-order valence-electron chi connectivity index (χ2n) is 13.6. The zero-order chi connectivity index (χ0) is 31.7. The topological polar surface area (TPSA) is 64.4 Å². The molecular formula is C33H48Cl2FN3O3Si. The Labute approximate surface area is 267 Å². The van der Waals surface area contributed by atoms with E-state index in [1.54, 1.807) is 13.1 Å². The van der Waals surface area contributed by atoms with E-state index in [1.807, 2.05) is 16.5 Å². The Balaban J connectivity index is 1.67. The van der Waals surface area contributed by atoms with Gasteiger partial charge in [-0.05, 0) is 88.1 Å². The first-order valence-electron chi connectivity index (χ1n) is 15.9. The van der Waals surface area contributed by atoms with Gasteiger partial charge in [0.2, 0.25) is 0 Å². The Hall–Kier alpha value is -1.74. The highest BCUT2D eigenvalue weighted by Gasteiger charge is 2.43. The molecular weight excluding hydrogens is 604 g/mol. The van der Waals surface area contributed by atoms with E-state index < -0.39 is 20.2 Å². The molecule has 0 spiro atoms. The number of hydrogen-bond acceptors (Lipinski definition) is 4. The van der Waals surface area contributed by atoms with Gasteiger partial charge in [0.25, 0.3) is 5.91 Å². The van der Waals surface area contributed by atoms with Crippen molar-refractivity contribution in [2.75, 3.05) is 13.1 Å². The molecule has 43 heavy (non-hydrogen) atoms. The monoisotopic (exact) mass is 651 g/mol. The minimum absolute atomic E-state index is 0.0375. The van der Waals surface area contributed by atoms with Crippen LogP contribution in [0.1, 0.15) is 114 Å². The maximum absolute atomic E-state index is 14.4. The molecule has 0 bridgehead atoms. The SMILES string of the molecule is CC[Si](CC)(CC)OC(CN(CC1(C)CC1)C(=O)c1cnn(C2CCC(C)(C(C)=O)CC2)c1C)c1c(Cl)cc(F)cc1Cl. The average molecular weight is 653 g/mol. The normalized spacial score (nSPS) is 22.3. The van der Waals surface area contributed by atoms with E-state index in [-0.39, 0.29) is 45.2 Å². The van der Waals surface area contributed by atoms with Crippen molar-refractivity contribution in [3.63, 3.8) is 0 Å². The van der Waals surface area contributed by atoms with Crippen molar-refractivity contribution in [2.45, 2.75) is 117 Å². The lowest BCUT2D eigenvalue weighted by molar-refractivity contribution is -0.127. The van der Waals surface area contributed by atoms with Gasteiger partial charge in [0, 0.05) is 23.2 Å². The third kappa shape index (κ3) is 7.40. The van der Waals surface area contributed by atoms with Crippen LogP contribution in [0, 0.1) is 23.6 Å². The fourth-order valence-electron chi connectivity index (χ4n) is 6.61. The van der Waals surface area contributed by atoms with E-state index in [2.05, 4.69) is 34.6 Å². The summed E-state index contributed by atoms with van der Waals surface area (Å²) in [7, 11) is -2.19. The van der Waals surface area contributed by atoms with Crippen molar-refractivity contribution in [3.05, 3.63) is 51.0 Å². The van der Waals surface area contributed by atoms with Gasteiger partial charge < -0.3 is 9.33 Å². The molecule has 2 fully saturated rings. The zero-order valence-corrected chi connectivity index (χ0v) is 29.4. The summed E-state index contributed by atoms with van der Waals surface area (Å²) in [6, 6.07) is 5.44. The number of Topliss-reactive ketones (excluding diaryl/α,β-unsaturated/α-hetero) is 1. The highest BCUT2D eigenvalue weighted by Crippen LogP contribution is 2.47. The second-order valence-corrected chi connectivity index (χ2v) is 19.1. The molecule has 1 aromatic carbocycles. The molecule has 2 aromatic rings. The van der Waals surface area contributed by atoms with E-state index in [1.165, 1.54) is 12.1 Å². The Morgan fingerprint density at radius 1 is 1.09 bits per heavy atom. The molecule has 1 atom stereocenters. The molecule has 4 rings (SSSR count). The molecule has 0 aliphatic heterocycles. The number of benzene rings is 1. The van der Waals surface area contributed by atoms with E-state index in [9.17, 15) is 14.0 Å². The molecule has 1 heterocycles. The Kier molecular flexibility index (Phi) is 10.6. The molecule has 1 aromatic heterocycles. The Morgan fingerprint density at radius 3 is 2.14 bits per heavy atom. The zero-order valence-electron chi connectivity index (χ0n) is 26.9.